The Kier molecular flexibility index (Phi) is 2.58. The molecule has 1 heterocycles. The van der Waals surface area contributed by atoms with E-state index in [0.717, 1.165) is 16.3 Å². The summed E-state index contributed by atoms with van der Waals surface area (Å²) in [6.45, 7) is 0.479. The summed E-state index contributed by atoms with van der Waals surface area (Å²) in [6.07, 6.45) is 2.93. The molecule has 5 heteroatoms. The molecule has 0 unspecified atom stereocenters. The van der Waals surface area contributed by atoms with Gasteiger partial charge in [-0.2, -0.15) is 9.98 Å². The topological polar surface area (TPSA) is 70.9 Å². The minimum atomic E-state index is -1.37. The molecule has 1 aliphatic rings. The summed E-state index contributed by atoms with van der Waals surface area (Å²) < 4.78 is 0. The van der Waals surface area contributed by atoms with Gasteiger partial charge < -0.3 is 0 Å². The van der Waals surface area contributed by atoms with Crippen molar-refractivity contribution in [3.8, 4) is 0 Å². The highest BCUT2D eigenvalue weighted by molar-refractivity contribution is 5.87. The summed E-state index contributed by atoms with van der Waals surface area (Å²) in [5.74, 6) is -1.37. The van der Waals surface area contributed by atoms with Gasteiger partial charge >= 0.3 is 0 Å². The summed E-state index contributed by atoms with van der Waals surface area (Å²) in [4.78, 5) is 28.5. The number of benzene rings is 2. The molecule has 1 aliphatic heterocycles. The maximum Gasteiger partial charge on any atom is 0.254 e. The molecule has 3 rings (SSSR count). The van der Waals surface area contributed by atoms with Crippen molar-refractivity contribution in [1.82, 2.24) is 5.32 Å². The minimum Gasteiger partial charge on any atom is -0.265 e. The average Bonchev–Trinajstić information content (AvgIpc) is 2.79. The van der Waals surface area contributed by atoms with Crippen molar-refractivity contribution in [1.29, 1.82) is 0 Å². The van der Waals surface area contributed by atoms with Gasteiger partial charge in [0.05, 0.1) is 0 Å². The van der Waals surface area contributed by atoms with E-state index in [0.29, 0.717) is 12.1 Å². The smallest absolute Gasteiger partial charge is 0.254 e. The quantitative estimate of drug-likeness (QED) is 0.652. The SMILES string of the molecule is O=C=NC1(N=C=O)NCc2c1ccc1ccccc21. The molecule has 0 saturated carbocycles. The zero-order chi connectivity index (χ0) is 13.3. The molecule has 0 bridgehead atoms. The Bertz CT molecular complexity index is 738. The van der Waals surface area contributed by atoms with Gasteiger partial charge in [-0.1, -0.05) is 36.4 Å². The van der Waals surface area contributed by atoms with E-state index < -0.39 is 5.79 Å². The first kappa shape index (κ1) is 11.5. The van der Waals surface area contributed by atoms with Gasteiger partial charge in [-0.15, -0.1) is 0 Å². The van der Waals surface area contributed by atoms with Crippen LogP contribution in [0.2, 0.25) is 0 Å². The first-order valence-electron chi connectivity index (χ1n) is 5.75. The molecule has 1 N–H and O–H groups in total. The first-order valence-corrected chi connectivity index (χ1v) is 5.75. The van der Waals surface area contributed by atoms with E-state index in [1.807, 2.05) is 36.4 Å². The lowest BCUT2D eigenvalue weighted by molar-refractivity contribution is 0.391. The molecule has 0 atom stereocenters. The van der Waals surface area contributed by atoms with Crippen LogP contribution in [0.4, 0.5) is 0 Å². The van der Waals surface area contributed by atoms with E-state index in [1.54, 1.807) is 0 Å². The number of nitrogens with zero attached hydrogens (tertiary/aromatic N) is 2. The van der Waals surface area contributed by atoms with E-state index in [1.165, 1.54) is 12.2 Å². The Morgan fingerprint density at radius 2 is 1.79 bits per heavy atom. The maximum absolute atomic E-state index is 10.6. The number of isocyanates is 2. The minimum absolute atomic E-state index is 0.479. The molecule has 2 aromatic rings. The third kappa shape index (κ3) is 1.62. The predicted molar refractivity (Wildman–Crippen MR) is 68.7 cm³/mol. The normalized spacial score (nSPS) is 20.4. The van der Waals surface area contributed by atoms with Crippen LogP contribution in [0.1, 0.15) is 11.1 Å². The van der Waals surface area contributed by atoms with Crippen LogP contribution in [0.15, 0.2) is 46.4 Å². The molecule has 0 fully saturated rings. The van der Waals surface area contributed by atoms with Crippen LogP contribution in [0.5, 0.6) is 0 Å². The van der Waals surface area contributed by atoms with Gasteiger partial charge in [0.1, 0.15) is 0 Å². The number of carbonyl (C=O) groups excluding carboxylic acids is 2. The summed E-state index contributed by atoms with van der Waals surface area (Å²) in [7, 11) is 0. The Hall–Kier alpha value is -2.58. The second-order valence-electron chi connectivity index (χ2n) is 4.24. The molecule has 2 aromatic carbocycles. The highest BCUT2D eigenvalue weighted by atomic mass is 16.1. The second-order valence-corrected chi connectivity index (χ2v) is 4.24. The Morgan fingerprint density at radius 1 is 1.05 bits per heavy atom. The molecule has 0 amide bonds. The van der Waals surface area contributed by atoms with Crippen LogP contribution in [-0.4, -0.2) is 12.2 Å². The standard InChI is InChI=1S/C14H9N3O2/c18-8-16-14(17-9-19)13-6-5-10-3-1-2-4-11(10)12(13)7-15-14/h1-6,15H,7H2. The van der Waals surface area contributed by atoms with Crippen LogP contribution in [0, 0.1) is 0 Å². The van der Waals surface area contributed by atoms with Crippen molar-refractivity contribution in [2.75, 3.05) is 0 Å². The number of hydrogen-bond acceptors (Lipinski definition) is 5. The third-order valence-corrected chi connectivity index (χ3v) is 3.34. The molecule has 5 nitrogen and oxygen atoms in total. The van der Waals surface area contributed by atoms with E-state index in [2.05, 4.69) is 15.3 Å². The number of fused-ring (bicyclic) bond motifs is 3. The predicted octanol–water partition coefficient (Wildman–Crippen LogP) is 1.72. The molecular formula is C14H9N3O2. The number of hydrogen-bond donors (Lipinski definition) is 1. The van der Waals surface area contributed by atoms with Gasteiger partial charge in [0, 0.05) is 12.1 Å². The number of nitrogens with one attached hydrogen (secondary N) is 1. The summed E-state index contributed by atoms with van der Waals surface area (Å²) in [5, 5.41) is 5.11. The fraction of sp³-hybridized carbons (Fsp3) is 0.143. The van der Waals surface area contributed by atoms with Crippen molar-refractivity contribution < 1.29 is 9.59 Å². The second kappa shape index (κ2) is 4.26. The van der Waals surface area contributed by atoms with Crippen molar-refractivity contribution >= 4 is 22.9 Å². The van der Waals surface area contributed by atoms with E-state index in [4.69, 9.17) is 0 Å². The zero-order valence-corrected chi connectivity index (χ0v) is 9.88. The lowest BCUT2D eigenvalue weighted by Crippen LogP contribution is -2.32. The Labute approximate surface area is 108 Å². The monoisotopic (exact) mass is 251 g/mol. The number of rotatable bonds is 2. The zero-order valence-electron chi connectivity index (χ0n) is 9.88. The highest BCUT2D eigenvalue weighted by Gasteiger charge is 2.39. The van der Waals surface area contributed by atoms with Crippen LogP contribution >= 0.6 is 0 Å². The van der Waals surface area contributed by atoms with E-state index >= 15 is 0 Å². The van der Waals surface area contributed by atoms with Crippen molar-refractivity contribution in [3.05, 3.63) is 47.5 Å². The van der Waals surface area contributed by atoms with Crippen LogP contribution in [0.3, 0.4) is 0 Å². The van der Waals surface area contributed by atoms with E-state index in [-0.39, 0.29) is 0 Å². The van der Waals surface area contributed by atoms with Gasteiger partial charge in [0.2, 0.25) is 12.2 Å². The summed E-state index contributed by atoms with van der Waals surface area (Å²) in [6, 6.07) is 11.6. The van der Waals surface area contributed by atoms with Crippen molar-refractivity contribution in [3.63, 3.8) is 0 Å². The summed E-state index contributed by atoms with van der Waals surface area (Å²) >= 11 is 0. The lowest BCUT2D eigenvalue weighted by Gasteiger charge is -2.16. The number of aliphatic imine (C=N–C) groups is 2. The maximum atomic E-state index is 10.6. The van der Waals surface area contributed by atoms with Gasteiger partial charge in [0.15, 0.2) is 0 Å². The van der Waals surface area contributed by atoms with E-state index in [9.17, 15) is 9.59 Å². The molecule has 0 aliphatic carbocycles. The van der Waals surface area contributed by atoms with Crippen molar-refractivity contribution in [2.45, 2.75) is 12.3 Å². The van der Waals surface area contributed by atoms with Gasteiger partial charge in [-0.25, -0.2) is 9.59 Å². The van der Waals surface area contributed by atoms with Gasteiger partial charge in [-0.05, 0) is 16.3 Å². The third-order valence-electron chi connectivity index (χ3n) is 3.34. The van der Waals surface area contributed by atoms with Gasteiger partial charge in [-0.3, -0.25) is 5.32 Å². The molecule has 0 saturated heterocycles. The fourth-order valence-electron chi connectivity index (χ4n) is 2.52. The molecule has 92 valence electrons. The fourth-order valence-corrected chi connectivity index (χ4v) is 2.52. The Balaban J connectivity index is 2.33. The molecule has 0 radical (unpaired) electrons. The first-order chi connectivity index (χ1) is 9.30. The van der Waals surface area contributed by atoms with Gasteiger partial charge in [0.25, 0.3) is 5.79 Å². The van der Waals surface area contributed by atoms with Crippen LogP contribution in [-0.2, 0) is 21.9 Å². The Morgan fingerprint density at radius 3 is 2.53 bits per heavy atom. The molecule has 19 heavy (non-hydrogen) atoms. The average molecular weight is 251 g/mol. The molecule has 0 aromatic heterocycles. The summed E-state index contributed by atoms with van der Waals surface area (Å²) in [5.41, 5.74) is 1.68. The lowest BCUT2D eigenvalue weighted by atomic mass is 9.98. The van der Waals surface area contributed by atoms with Crippen LogP contribution in [0.25, 0.3) is 10.8 Å². The molecular weight excluding hydrogens is 242 g/mol. The largest absolute Gasteiger partial charge is 0.265 e. The van der Waals surface area contributed by atoms with Crippen LogP contribution < -0.4 is 5.32 Å². The molecule has 0 spiro atoms. The van der Waals surface area contributed by atoms with Crippen molar-refractivity contribution in [2.24, 2.45) is 9.98 Å². The highest BCUT2D eigenvalue weighted by Crippen LogP contribution is 2.37.